The van der Waals surface area contributed by atoms with E-state index in [0.717, 1.165) is 5.92 Å². The molecule has 2 N–H and O–H groups in total. The van der Waals surface area contributed by atoms with Crippen LogP contribution in [0.1, 0.15) is 59.3 Å². The summed E-state index contributed by atoms with van der Waals surface area (Å²) in [7, 11) is -2.87. The van der Waals surface area contributed by atoms with Crippen molar-refractivity contribution in [2.75, 3.05) is 0 Å². The highest BCUT2D eigenvalue weighted by Gasteiger charge is 2.00. The second-order valence-electron chi connectivity index (χ2n) is 3.43. The molecule has 0 saturated carbocycles. The van der Waals surface area contributed by atoms with Gasteiger partial charge >= 0.3 is 8.25 Å². The smallest absolute Gasteiger partial charge is 0.134 e. The van der Waals surface area contributed by atoms with Gasteiger partial charge in [-0.3, -0.25) is 0 Å². The minimum atomic E-state index is -2.87. The molecule has 4 heteroatoms. The van der Waals surface area contributed by atoms with Gasteiger partial charge in [0.25, 0.3) is 0 Å². The predicted molar refractivity (Wildman–Crippen MR) is 60.3 cm³/mol. The zero-order valence-electron chi connectivity index (χ0n) is 9.57. The second-order valence-corrected chi connectivity index (χ2v) is 3.94. The van der Waals surface area contributed by atoms with Crippen molar-refractivity contribution in [2.24, 2.45) is 5.92 Å². The summed E-state index contributed by atoms with van der Waals surface area (Å²) in [5, 5.41) is 0. The van der Waals surface area contributed by atoms with Crippen LogP contribution in [-0.4, -0.2) is 9.79 Å². The zero-order valence-corrected chi connectivity index (χ0v) is 10.5. The second kappa shape index (κ2) is 13.0. The fraction of sp³-hybridized carbons (Fsp3) is 1.00. The van der Waals surface area contributed by atoms with Gasteiger partial charge in [0.15, 0.2) is 0 Å². The van der Waals surface area contributed by atoms with E-state index in [9.17, 15) is 0 Å². The van der Waals surface area contributed by atoms with Gasteiger partial charge in [0.05, 0.1) is 0 Å². The Hall–Kier alpha value is 0.0200. The highest BCUT2D eigenvalue weighted by molar-refractivity contribution is 7.30. The molecular formula is C10H24O3P+. The van der Waals surface area contributed by atoms with Crippen LogP contribution >= 0.6 is 8.25 Å². The Balaban J connectivity index is 0. The molecule has 0 fully saturated rings. The molecule has 0 bridgehead atoms. The molecule has 0 saturated heterocycles. The van der Waals surface area contributed by atoms with Crippen LogP contribution in [0.3, 0.4) is 0 Å². The van der Waals surface area contributed by atoms with Crippen LogP contribution in [0.2, 0.25) is 0 Å². The lowest BCUT2D eigenvalue weighted by atomic mass is 9.96. The van der Waals surface area contributed by atoms with Crippen LogP contribution in [0.4, 0.5) is 0 Å². The summed E-state index contributed by atoms with van der Waals surface area (Å²) in [6.07, 6.45) is 8.45. The number of hydrogen-bond acceptors (Lipinski definition) is 1. The Kier molecular flexibility index (Phi) is 15.3. The van der Waals surface area contributed by atoms with Crippen molar-refractivity contribution in [3.05, 3.63) is 0 Å². The zero-order chi connectivity index (χ0) is 11.4. The quantitative estimate of drug-likeness (QED) is 0.534. The molecule has 0 atom stereocenters. The first-order valence-corrected chi connectivity index (χ1v) is 6.59. The van der Waals surface area contributed by atoms with Gasteiger partial charge in [0.2, 0.25) is 0 Å². The lowest BCUT2D eigenvalue weighted by Gasteiger charge is -2.10. The van der Waals surface area contributed by atoms with E-state index in [1.165, 1.54) is 38.5 Å². The van der Waals surface area contributed by atoms with E-state index in [1.54, 1.807) is 0 Å². The fourth-order valence-electron chi connectivity index (χ4n) is 1.38. The molecule has 0 spiro atoms. The largest absolute Gasteiger partial charge is 0.692 e. The van der Waals surface area contributed by atoms with Gasteiger partial charge in [-0.15, -0.1) is 9.79 Å². The van der Waals surface area contributed by atoms with Gasteiger partial charge in [-0.1, -0.05) is 59.3 Å². The van der Waals surface area contributed by atoms with Crippen LogP contribution in [0, 0.1) is 5.92 Å². The molecule has 0 aliphatic carbocycles. The summed E-state index contributed by atoms with van der Waals surface area (Å²) in [5.74, 6) is 1.01. The standard InChI is InChI=1S/C10H22.HO3P/c1-4-7-8-9-10(5-2)6-3;1-4(2)3/h10H,4-9H2,1-3H3;(H-,1,2,3)/p+1. The first-order valence-electron chi connectivity index (χ1n) is 5.43. The molecule has 0 radical (unpaired) electrons. The molecule has 0 unspecified atom stereocenters. The van der Waals surface area contributed by atoms with E-state index in [0.29, 0.717) is 0 Å². The third-order valence-electron chi connectivity index (χ3n) is 2.37. The van der Waals surface area contributed by atoms with Crippen molar-refractivity contribution in [3.8, 4) is 0 Å². The molecule has 14 heavy (non-hydrogen) atoms. The highest BCUT2D eigenvalue weighted by atomic mass is 31.1. The third kappa shape index (κ3) is 17.9. The number of hydrogen-bond donors (Lipinski definition) is 2. The Morgan fingerprint density at radius 2 is 1.50 bits per heavy atom. The Morgan fingerprint density at radius 1 is 1.07 bits per heavy atom. The first-order chi connectivity index (χ1) is 6.58. The fourth-order valence-corrected chi connectivity index (χ4v) is 1.38. The Bertz CT molecular complexity index is 121. The lowest BCUT2D eigenvalue weighted by Crippen LogP contribution is -1.95. The van der Waals surface area contributed by atoms with Crippen molar-refractivity contribution in [2.45, 2.75) is 59.3 Å². The molecule has 86 valence electrons. The summed E-state index contributed by atoms with van der Waals surface area (Å²) >= 11 is 0. The van der Waals surface area contributed by atoms with Gasteiger partial charge < -0.3 is 0 Å². The summed E-state index contributed by atoms with van der Waals surface area (Å²) in [6.45, 7) is 6.88. The monoisotopic (exact) mass is 223 g/mol. The van der Waals surface area contributed by atoms with Crippen molar-refractivity contribution in [1.29, 1.82) is 0 Å². The molecule has 0 rings (SSSR count). The van der Waals surface area contributed by atoms with Gasteiger partial charge in [-0.2, -0.15) is 0 Å². The van der Waals surface area contributed by atoms with Gasteiger partial charge in [0.1, 0.15) is 0 Å². The summed E-state index contributed by atoms with van der Waals surface area (Å²) < 4.78 is 8.70. The molecule has 0 heterocycles. The number of rotatable bonds is 6. The summed E-state index contributed by atoms with van der Waals surface area (Å²) in [4.78, 5) is 14.2. The van der Waals surface area contributed by atoms with E-state index in [4.69, 9.17) is 14.4 Å². The maximum atomic E-state index is 8.70. The number of unbranched alkanes of at least 4 members (excludes halogenated alkanes) is 2. The van der Waals surface area contributed by atoms with Gasteiger partial charge in [-0.25, -0.2) is 0 Å². The Morgan fingerprint density at radius 3 is 1.79 bits per heavy atom. The minimum absolute atomic E-state index is 1.01. The van der Waals surface area contributed by atoms with Crippen LogP contribution in [0.5, 0.6) is 0 Å². The SMILES string of the molecule is CCCCCC(CC)CC.O=[P+](O)O. The maximum Gasteiger partial charge on any atom is 0.692 e. The van der Waals surface area contributed by atoms with Crippen LogP contribution in [-0.2, 0) is 4.57 Å². The molecular weight excluding hydrogens is 199 g/mol. The van der Waals surface area contributed by atoms with Crippen molar-refractivity contribution in [3.63, 3.8) is 0 Å². The predicted octanol–water partition coefficient (Wildman–Crippen LogP) is 3.63. The van der Waals surface area contributed by atoms with Crippen molar-refractivity contribution < 1.29 is 14.4 Å². The summed E-state index contributed by atoms with van der Waals surface area (Å²) in [6, 6.07) is 0. The molecule has 0 aromatic rings. The minimum Gasteiger partial charge on any atom is -0.134 e. The third-order valence-corrected chi connectivity index (χ3v) is 2.37. The molecule has 3 nitrogen and oxygen atoms in total. The topological polar surface area (TPSA) is 57.5 Å². The molecule has 0 amide bonds. The van der Waals surface area contributed by atoms with Crippen molar-refractivity contribution in [1.82, 2.24) is 0 Å². The van der Waals surface area contributed by atoms with E-state index in [1.807, 2.05) is 0 Å². The first kappa shape index (κ1) is 16.4. The molecule has 0 aromatic heterocycles. The highest BCUT2D eigenvalue weighted by Crippen LogP contribution is 2.16. The van der Waals surface area contributed by atoms with Crippen LogP contribution < -0.4 is 0 Å². The molecule has 0 aliphatic rings. The lowest BCUT2D eigenvalue weighted by molar-refractivity contribution is 0.405. The van der Waals surface area contributed by atoms with Gasteiger partial charge in [0, 0.05) is 4.57 Å². The Labute approximate surface area is 88.5 Å². The molecule has 0 aromatic carbocycles. The maximum absolute atomic E-state index is 8.70. The van der Waals surface area contributed by atoms with Gasteiger partial charge in [-0.05, 0) is 5.92 Å². The van der Waals surface area contributed by atoms with E-state index in [2.05, 4.69) is 20.8 Å². The van der Waals surface area contributed by atoms with Crippen LogP contribution in [0.15, 0.2) is 0 Å². The van der Waals surface area contributed by atoms with E-state index >= 15 is 0 Å². The molecule has 0 aliphatic heterocycles. The average molecular weight is 223 g/mol. The normalized spacial score (nSPS) is 9.57. The van der Waals surface area contributed by atoms with E-state index < -0.39 is 8.25 Å². The van der Waals surface area contributed by atoms with Crippen molar-refractivity contribution >= 4 is 8.25 Å². The average Bonchev–Trinajstić information content (AvgIpc) is 2.12. The summed E-state index contributed by atoms with van der Waals surface area (Å²) in [5.41, 5.74) is 0. The van der Waals surface area contributed by atoms with E-state index in [-0.39, 0.29) is 0 Å². The van der Waals surface area contributed by atoms with Crippen LogP contribution in [0.25, 0.3) is 0 Å².